The fourth-order valence-corrected chi connectivity index (χ4v) is 3.03. The minimum absolute atomic E-state index is 0.00377. The smallest absolute Gasteiger partial charge is 0.261 e. The van der Waals surface area contributed by atoms with Crippen LogP contribution in [0.1, 0.15) is 17.9 Å². The second kappa shape index (κ2) is 5.81. The number of rotatable bonds is 4. The third kappa shape index (κ3) is 3.29. The summed E-state index contributed by atoms with van der Waals surface area (Å²) in [6, 6.07) is 11.5. The Morgan fingerprint density at radius 3 is 2.30 bits per heavy atom. The van der Waals surface area contributed by atoms with E-state index in [9.17, 15) is 12.8 Å². The lowest BCUT2D eigenvalue weighted by Gasteiger charge is -2.13. The zero-order valence-corrected chi connectivity index (χ0v) is 12.2. The van der Waals surface area contributed by atoms with Crippen LogP contribution in [0.2, 0.25) is 0 Å². The lowest BCUT2D eigenvalue weighted by atomic mass is 10.1. The summed E-state index contributed by atoms with van der Waals surface area (Å²) in [6.07, 6.45) is 0. The Labute approximate surface area is 122 Å². The Kier molecular flexibility index (Phi) is 4.30. The molecule has 2 aromatic carbocycles. The summed E-state index contributed by atoms with van der Waals surface area (Å²) >= 11 is 6.02. The molecule has 0 bridgehead atoms. The Hall–Kier alpha value is -1.59. The molecule has 1 atom stereocenters. The van der Waals surface area contributed by atoms with Crippen LogP contribution in [-0.2, 0) is 10.0 Å². The van der Waals surface area contributed by atoms with E-state index in [4.69, 9.17) is 11.6 Å². The van der Waals surface area contributed by atoms with Crippen molar-refractivity contribution in [1.82, 2.24) is 0 Å². The van der Waals surface area contributed by atoms with Crippen LogP contribution in [0.25, 0.3) is 0 Å². The van der Waals surface area contributed by atoms with E-state index in [0.29, 0.717) is 11.3 Å². The monoisotopic (exact) mass is 313 g/mol. The molecule has 0 saturated heterocycles. The first-order chi connectivity index (χ1) is 9.40. The second-order valence-electron chi connectivity index (χ2n) is 4.26. The number of alkyl halides is 1. The third-order valence-electron chi connectivity index (χ3n) is 2.76. The summed E-state index contributed by atoms with van der Waals surface area (Å²) < 4.78 is 39.7. The number of anilines is 1. The summed E-state index contributed by atoms with van der Waals surface area (Å²) in [5.41, 5.74) is 1.10. The minimum atomic E-state index is -3.76. The van der Waals surface area contributed by atoms with Crippen molar-refractivity contribution in [2.45, 2.75) is 17.2 Å². The summed E-state index contributed by atoms with van der Waals surface area (Å²) in [5, 5.41) is -0.331. The molecule has 0 saturated carbocycles. The molecule has 2 aromatic rings. The first kappa shape index (κ1) is 14.8. The predicted molar refractivity (Wildman–Crippen MR) is 77.9 cm³/mol. The minimum Gasteiger partial charge on any atom is -0.279 e. The molecule has 2 rings (SSSR count). The Morgan fingerprint density at radius 2 is 1.70 bits per heavy atom. The lowest BCUT2D eigenvalue weighted by Crippen LogP contribution is -2.14. The fraction of sp³-hybridized carbons (Fsp3) is 0.143. The summed E-state index contributed by atoms with van der Waals surface area (Å²) in [5.74, 6) is -0.487. The van der Waals surface area contributed by atoms with E-state index in [2.05, 4.69) is 4.72 Å². The van der Waals surface area contributed by atoms with Gasteiger partial charge < -0.3 is 0 Å². The van der Waals surface area contributed by atoms with Gasteiger partial charge in [0.05, 0.1) is 16.0 Å². The Morgan fingerprint density at radius 1 is 1.10 bits per heavy atom. The maximum atomic E-state index is 12.8. The van der Waals surface area contributed by atoms with E-state index in [1.54, 1.807) is 31.2 Å². The molecule has 3 nitrogen and oxygen atoms in total. The van der Waals surface area contributed by atoms with Crippen molar-refractivity contribution < 1.29 is 12.8 Å². The molecule has 20 heavy (non-hydrogen) atoms. The third-order valence-corrected chi connectivity index (χ3v) is 4.37. The SMILES string of the molecule is CC(Cl)c1ccccc1NS(=O)(=O)c1ccc(F)cc1. The quantitative estimate of drug-likeness (QED) is 0.869. The lowest BCUT2D eigenvalue weighted by molar-refractivity contribution is 0.599. The normalized spacial score (nSPS) is 12.9. The number of sulfonamides is 1. The molecule has 0 aliphatic carbocycles. The summed E-state index contributed by atoms with van der Waals surface area (Å²) in [4.78, 5) is -0.00377. The molecule has 6 heteroatoms. The van der Waals surface area contributed by atoms with E-state index < -0.39 is 15.8 Å². The zero-order valence-electron chi connectivity index (χ0n) is 10.7. The number of para-hydroxylation sites is 1. The summed E-state index contributed by atoms with van der Waals surface area (Å²) in [7, 11) is -3.76. The van der Waals surface area contributed by atoms with Crippen molar-refractivity contribution in [2.24, 2.45) is 0 Å². The van der Waals surface area contributed by atoms with Crippen LogP contribution >= 0.6 is 11.6 Å². The number of nitrogens with one attached hydrogen (secondary N) is 1. The zero-order chi connectivity index (χ0) is 14.8. The van der Waals surface area contributed by atoms with Crippen LogP contribution in [0, 0.1) is 5.82 Å². The maximum absolute atomic E-state index is 12.8. The van der Waals surface area contributed by atoms with Gasteiger partial charge in [0.2, 0.25) is 0 Å². The first-order valence-corrected chi connectivity index (χ1v) is 7.83. The molecule has 0 heterocycles. The molecule has 0 aliphatic heterocycles. The van der Waals surface area contributed by atoms with Crippen LogP contribution in [0.3, 0.4) is 0 Å². The van der Waals surface area contributed by atoms with Crippen LogP contribution < -0.4 is 4.72 Å². The number of hydrogen-bond acceptors (Lipinski definition) is 2. The van der Waals surface area contributed by atoms with Gasteiger partial charge >= 0.3 is 0 Å². The highest BCUT2D eigenvalue weighted by Gasteiger charge is 2.17. The van der Waals surface area contributed by atoms with Crippen LogP contribution in [0.4, 0.5) is 10.1 Å². The molecular weight excluding hydrogens is 301 g/mol. The van der Waals surface area contributed by atoms with Crippen molar-refractivity contribution in [3.8, 4) is 0 Å². The molecule has 0 amide bonds. The van der Waals surface area contributed by atoms with Crippen LogP contribution in [-0.4, -0.2) is 8.42 Å². The van der Waals surface area contributed by atoms with E-state index in [1.165, 1.54) is 12.1 Å². The van der Waals surface area contributed by atoms with Gasteiger partial charge in [-0.1, -0.05) is 18.2 Å². The molecule has 0 aromatic heterocycles. The first-order valence-electron chi connectivity index (χ1n) is 5.91. The molecule has 106 valence electrons. The highest BCUT2D eigenvalue weighted by atomic mass is 35.5. The van der Waals surface area contributed by atoms with Gasteiger partial charge in [-0.3, -0.25) is 4.72 Å². The van der Waals surface area contributed by atoms with Gasteiger partial charge in [-0.05, 0) is 42.8 Å². The number of halogens is 2. The van der Waals surface area contributed by atoms with E-state index in [0.717, 1.165) is 12.1 Å². The fourth-order valence-electron chi connectivity index (χ4n) is 1.75. The summed E-state index contributed by atoms with van der Waals surface area (Å²) in [6.45, 7) is 1.76. The molecule has 0 radical (unpaired) electrons. The number of hydrogen-bond donors (Lipinski definition) is 1. The standard InChI is InChI=1S/C14H13ClFNO2S/c1-10(15)13-4-2-3-5-14(13)17-20(18,19)12-8-6-11(16)7-9-12/h2-10,17H,1H3. The van der Waals surface area contributed by atoms with Gasteiger partial charge in [0.1, 0.15) is 5.82 Å². The van der Waals surface area contributed by atoms with Gasteiger partial charge in [0.25, 0.3) is 10.0 Å². The van der Waals surface area contributed by atoms with E-state index in [-0.39, 0.29) is 10.3 Å². The van der Waals surface area contributed by atoms with Crippen molar-refractivity contribution in [3.63, 3.8) is 0 Å². The number of benzene rings is 2. The van der Waals surface area contributed by atoms with Crippen LogP contribution in [0.15, 0.2) is 53.4 Å². The van der Waals surface area contributed by atoms with Crippen molar-refractivity contribution in [1.29, 1.82) is 0 Å². The van der Waals surface area contributed by atoms with Crippen molar-refractivity contribution in [2.75, 3.05) is 4.72 Å². The Bertz CT molecular complexity index is 699. The van der Waals surface area contributed by atoms with Gasteiger partial charge in [-0.2, -0.15) is 0 Å². The molecule has 0 aliphatic rings. The average molecular weight is 314 g/mol. The Balaban J connectivity index is 2.36. The predicted octanol–water partition coefficient (Wildman–Crippen LogP) is 3.93. The average Bonchev–Trinajstić information content (AvgIpc) is 2.39. The van der Waals surface area contributed by atoms with Gasteiger partial charge in [0.15, 0.2) is 0 Å². The van der Waals surface area contributed by atoms with Crippen molar-refractivity contribution in [3.05, 3.63) is 59.9 Å². The molecule has 1 unspecified atom stereocenters. The van der Waals surface area contributed by atoms with E-state index in [1.807, 2.05) is 0 Å². The van der Waals surface area contributed by atoms with E-state index >= 15 is 0 Å². The molecule has 0 spiro atoms. The maximum Gasteiger partial charge on any atom is 0.261 e. The van der Waals surface area contributed by atoms with Crippen molar-refractivity contribution >= 4 is 27.3 Å². The molecule has 1 N–H and O–H groups in total. The molecular formula is C14H13ClFNO2S. The molecule has 0 fully saturated rings. The van der Waals surface area contributed by atoms with Gasteiger partial charge in [-0.25, -0.2) is 12.8 Å². The largest absolute Gasteiger partial charge is 0.279 e. The van der Waals surface area contributed by atoms with Crippen LogP contribution in [0.5, 0.6) is 0 Å². The van der Waals surface area contributed by atoms with Gasteiger partial charge in [0, 0.05) is 0 Å². The van der Waals surface area contributed by atoms with Gasteiger partial charge in [-0.15, -0.1) is 11.6 Å². The topological polar surface area (TPSA) is 46.2 Å². The highest BCUT2D eigenvalue weighted by molar-refractivity contribution is 7.92. The highest BCUT2D eigenvalue weighted by Crippen LogP contribution is 2.28. The second-order valence-corrected chi connectivity index (χ2v) is 6.60.